The average molecular weight is 319 g/mol. The van der Waals surface area contributed by atoms with Gasteiger partial charge in [-0.2, -0.15) is 0 Å². The Kier molecular flexibility index (Phi) is 5.09. The van der Waals surface area contributed by atoms with Crippen LogP contribution in [-0.4, -0.2) is 17.2 Å². The Bertz CT molecular complexity index is 674. The summed E-state index contributed by atoms with van der Waals surface area (Å²) in [6, 6.07) is 11.2. The third-order valence-electron chi connectivity index (χ3n) is 3.39. The summed E-state index contributed by atoms with van der Waals surface area (Å²) in [6.07, 6.45) is -0.610. The Labute approximate surface area is 135 Å². The van der Waals surface area contributed by atoms with Gasteiger partial charge in [0, 0.05) is 11.4 Å². The van der Waals surface area contributed by atoms with Crippen molar-refractivity contribution in [2.24, 2.45) is 0 Å². The molecule has 0 saturated heterocycles. The second-order valence-electron chi connectivity index (χ2n) is 5.56. The number of carbonyl (C=O) groups is 1. The molecule has 0 aliphatic carbocycles. The van der Waals surface area contributed by atoms with Crippen LogP contribution in [-0.2, 0) is 11.2 Å². The maximum atomic E-state index is 11.5. The van der Waals surface area contributed by atoms with Crippen LogP contribution in [0.3, 0.4) is 0 Å². The molecule has 0 aliphatic rings. The van der Waals surface area contributed by atoms with E-state index >= 15 is 0 Å². The fourth-order valence-electron chi connectivity index (χ4n) is 2.44. The van der Waals surface area contributed by atoms with Crippen LogP contribution >= 0.6 is 11.6 Å². The maximum Gasteiger partial charge on any atom is 0.345 e. The van der Waals surface area contributed by atoms with Gasteiger partial charge >= 0.3 is 5.97 Å². The lowest BCUT2D eigenvalue weighted by molar-refractivity contribution is -0.145. The first-order valence-electron chi connectivity index (χ1n) is 7.08. The Morgan fingerprint density at radius 3 is 2.32 bits per heavy atom. The van der Waals surface area contributed by atoms with Crippen LogP contribution in [0, 0.1) is 20.8 Å². The molecule has 0 aromatic heterocycles. The molecule has 4 heteroatoms. The van der Waals surface area contributed by atoms with Crippen molar-refractivity contribution in [1.82, 2.24) is 0 Å². The van der Waals surface area contributed by atoms with Crippen molar-refractivity contribution in [3.63, 3.8) is 0 Å². The normalized spacial score (nSPS) is 12.0. The topological polar surface area (TPSA) is 46.5 Å². The minimum atomic E-state index is -0.980. The third kappa shape index (κ3) is 4.25. The van der Waals surface area contributed by atoms with Gasteiger partial charge in [-0.25, -0.2) is 4.79 Å². The number of hydrogen-bond donors (Lipinski definition) is 1. The van der Waals surface area contributed by atoms with E-state index in [4.69, 9.17) is 16.3 Å². The molecule has 0 fully saturated rings. The van der Waals surface area contributed by atoms with Gasteiger partial charge in [0.2, 0.25) is 0 Å². The zero-order valence-corrected chi connectivity index (χ0v) is 13.6. The van der Waals surface area contributed by atoms with Gasteiger partial charge in [0.15, 0.2) is 6.10 Å². The Morgan fingerprint density at radius 2 is 1.77 bits per heavy atom. The molecule has 0 spiro atoms. The molecule has 2 aromatic carbocycles. The fourth-order valence-corrected chi connectivity index (χ4v) is 2.55. The summed E-state index contributed by atoms with van der Waals surface area (Å²) in [5.74, 6) is -0.467. The van der Waals surface area contributed by atoms with E-state index in [1.54, 1.807) is 18.2 Å². The van der Waals surface area contributed by atoms with Gasteiger partial charge in [0.25, 0.3) is 0 Å². The van der Waals surface area contributed by atoms with Crippen LogP contribution in [0.1, 0.15) is 22.3 Å². The molecule has 0 bridgehead atoms. The van der Waals surface area contributed by atoms with Gasteiger partial charge < -0.3 is 9.84 Å². The number of carboxylic acid groups (broad SMARTS) is 1. The first kappa shape index (κ1) is 16.4. The van der Waals surface area contributed by atoms with E-state index < -0.39 is 12.1 Å². The van der Waals surface area contributed by atoms with E-state index in [0.717, 1.165) is 22.3 Å². The van der Waals surface area contributed by atoms with Crippen molar-refractivity contribution in [2.75, 3.05) is 0 Å². The number of halogens is 1. The predicted octanol–water partition coefficient (Wildman–Crippen LogP) is 4.34. The number of benzene rings is 2. The second-order valence-corrected chi connectivity index (χ2v) is 5.96. The number of ether oxygens (including phenoxy) is 1. The Balaban J connectivity index is 2.19. The molecule has 1 N–H and O–H groups in total. The third-order valence-corrected chi connectivity index (χ3v) is 3.81. The molecule has 22 heavy (non-hydrogen) atoms. The summed E-state index contributed by atoms with van der Waals surface area (Å²) in [5.41, 5.74) is 4.04. The largest absolute Gasteiger partial charge is 0.478 e. The van der Waals surface area contributed by atoms with Crippen molar-refractivity contribution in [1.29, 1.82) is 0 Å². The van der Waals surface area contributed by atoms with Gasteiger partial charge in [-0.05, 0) is 50.1 Å². The van der Waals surface area contributed by atoms with Crippen LogP contribution in [0.4, 0.5) is 0 Å². The highest BCUT2D eigenvalue weighted by Gasteiger charge is 2.20. The highest BCUT2D eigenvalue weighted by atomic mass is 35.5. The SMILES string of the molecule is Cc1cc(C)cc(C[C@@H](Oc2ccc(Cl)c(C)c2)C(=O)O)c1. The fraction of sp³-hybridized carbons (Fsp3) is 0.278. The zero-order valence-electron chi connectivity index (χ0n) is 12.9. The Hall–Kier alpha value is -2.00. The molecule has 0 saturated carbocycles. The zero-order chi connectivity index (χ0) is 16.3. The van der Waals surface area contributed by atoms with Gasteiger partial charge in [-0.15, -0.1) is 0 Å². The van der Waals surface area contributed by atoms with Crippen molar-refractivity contribution < 1.29 is 14.6 Å². The summed E-state index contributed by atoms with van der Waals surface area (Å²) in [7, 11) is 0. The monoisotopic (exact) mass is 318 g/mol. The van der Waals surface area contributed by atoms with E-state index in [2.05, 4.69) is 6.07 Å². The summed E-state index contributed by atoms with van der Waals surface area (Å²) in [5, 5.41) is 10.0. The molecule has 0 radical (unpaired) electrons. The molecule has 116 valence electrons. The van der Waals surface area contributed by atoms with Gasteiger partial charge in [-0.3, -0.25) is 0 Å². The lowest BCUT2D eigenvalue weighted by atomic mass is 10.0. The molecular weight excluding hydrogens is 300 g/mol. The smallest absolute Gasteiger partial charge is 0.345 e. The molecule has 1 atom stereocenters. The average Bonchev–Trinajstić information content (AvgIpc) is 2.41. The number of carboxylic acids is 1. The van der Waals surface area contributed by atoms with Crippen LogP contribution in [0.25, 0.3) is 0 Å². The van der Waals surface area contributed by atoms with E-state index in [0.29, 0.717) is 17.2 Å². The van der Waals surface area contributed by atoms with Crippen molar-refractivity contribution in [2.45, 2.75) is 33.3 Å². The van der Waals surface area contributed by atoms with Crippen LogP contribution < -0.4 is 4.74 Å². The summed E-state index contributed by atoms with van der Waals surface area (Å²) in [6.45, 7) is 5.85. The molecule has 2 rings (SSSR count). The van der Waals surface area contributed by atoms with Gasteiger partial charge in [0.05, 0.1) is 0 Å². The number of hydrogen-bond acceptors (Lipinski definition) is 2. The highest BCUT2D eigenvalue weighted by Crippen LogP contribution is 2.23. The van der Waals surface area contributed by atoms with Gasteiger partial charge in [-0.1, -0.05) is 40.9 Å². The number of rotatable bonds is 5. The van der Waals surface area contributed by atoms with Crippen LogP contribution in [0.5, 0.6) is 5.75 Å². The lowest BCUT2D eigenvalue weighted by Crippen LogP contribution is -2.29. The molecule has 0 aliphatic heterocycles. The minimum Gasteiger partial charge on any atom is -0.478 e. The van der Waals surface area contributed by atoms with E-state index in [-0.39, 0.29) is 0 Å². The Morgan fingerprint density at radius 1 is 1.14 bits per heavy atom. The molecule has 0 heterocycles. The second kappa shape index (κ2) is 6.84. The highest BCUT2D eigenvalue weighted by molar-refractivity contribution is 6.31. The summed E-state index contributed by atoms with van der Waals surface area (Å²) in [4.78, 5) is 11.5. The quantitative estimate of drug-likeness (QED) is 0.892. The molecule has 0 amide bonds. The first-order valence-corrected chi connectivity index (χ1v) is 7.46. The van der Waals surface area contributed by atoms with Crippen LogP contribution in [0.2, 0.25) is 5.02 Å². The molecule has 3 nitrogen and oxygen atoms in total. The lowest BCUT2D eigenvalue weighted by Gasteiger charge is -2.16. The van der Waals surface area contributed by atoms with Crippen LogP contribution in [0.15, 0.2) is 36.4 Å². The molecule has 0 unspecified atom stereocenters. The minimum absolute atomic E-state index is 0.319. The summed E-state index contributed by atoms with van der Waals surface area (Å²) >= 11 is 5.97. The summed E-state index contributed by atoms with van der Waals surface area (Å²) < 4.78 is 5.64. The van der Waals surface area contributed by atoms with E-state index in [1.807, 2.05) is 32.9 Å². The maximum absolute atomic E-state index is 11.5. The first-order chi connectivity index (χ1) is 10.3. The van der Waals surface area contributed by atoms with Crippen molar-refractivity contribution in [3.05, 3.63) is 63.7 Å². The van der Waals surface area contributed by atoms with E-state index in [1.165, 1.54) is 0 Å². The molecular formula is C18H19ClO3. The number of aliphatic carboxylic acids is 1. The van der Waals surface area contributed by atoms with Crippen molar-refractivity contribution in [3.8, 4) is 5.75 Å². The van der Waals surface area contributed by atoms with E-state index in [9.17, 15) is 9.90 Å². The standard InChI is InChI=1S/C18H19ClO3/c1-11-6-12(2)8-14(7-11)10-17(18(20)21)22-15-4-5-16(19)13(3)9-15/h4-9,17H,10H2,1-3H3,(H,20,21)/t17-/m1/s1. The number of aryl methyl sites for hydroxylation is 3. The predicted molar refractivity (Wildman–Crippen MR) is 87.9 cm³/mol. The molecule has 2 aromatic rings. The van der Waals surface area contributed by atoms with Gasteiger partial charge in [0.1, 0.15) is 5.75 Å². The van der Waals surface area contributed by atoms with Crippen molar-refractivity contribution >= 4 is 17.6 Å².